The summed E-state index contributed by atoms with van der Waals surface area (Å²) in [5.74, 6) is 0.316. The Labute approximate surface area is 69.8 Å². The molecule has 0 aromatic heterocycles. The lowest BCUT2D eigenvalue weighted by Crippen LogP contribution is -1.68. The molecule has 0 aliphatic heterocycles. The molecule has 0 aliphatic carbocycles. The van der Waals surface area contributed by atoms with E-state index in [2.05, 4.69) is 6.58 Å². The quantitative estimate of drug-likeness (QED) is 0.476. The maximum Gasteiger partial charge on any atom is 0.0891 e. The Bertz CT molecular complexity index is 148. The van der Waals surface area contributed by atoms with Gasteiger partial charge in [0, 0.05) is 0 Å². The minimum atomic E-state index is 0.316. The topological polar surface area (TPSA) is 20.2 Å². The van der Waals surface area contributed by atoms with Crippen molar-refractivity contribution < 1.29 is 5.11 Å². The zero-order valence-corrected chi connectivity index (χ0v) is 7.89. The number of aliphatic hydroxyl groups is 1. The fourth-order valence-corrected chi connectivity index (χ4v) is 0.320. The van der Waals surface area contributed by atoms with Crippen LogP contribution in [-0.2, 0) is 0 Å². The van der Waals surface area contributed by atoms with E-state index in [9.17, 15) is 0 Å². The lowest BCUT2D eigenvalue weighted by Gasteiger charge is -1.85. The van der Waals surface area contributed by atoms with Crippen molar-refractivity contribution in [2.75, 3.05) is 0 Å². The van der Waals surface area contributed by atoms with Gasteiger partial charge in [-0.05, 0) is 19.9 Å². The van der Waals surface area contributed by atoms with Crippen LogP contribution in [0.3, 0.4) is 0 Å². The van der Waals surface area contributed by atoms with Crippen LogP contribution >= 0.6 is 0 Å². The summed E-state index contributed by atoms with van der Waals surface area (Å²) in [5.41, 5.74) is 1.04. The molecule has 0 heterocycles. The Kier molecular flexibility index (Phi) is 10.4. The summed E-state index contributed by atoms with van der Waals surface area (Å²) in [7, 11) is 0. The zero-order chi connectivity index (χ0) is 9.28. The molecule has 0 fully saturated rings. The first-order chi connectivity index (χ1) is 5.16. The molecule has 0 radical (unpaired) electrons. The predicted octanol–water partition coefficient (Wildman–Crippen LogP) is 3.61. The van der Waals surface area contributed by atoms with Gasteiger partial charge in [0.2, 0.25) is 0 Å². The molecule has 0 aromatic rings. The second-order valence-corrected chi connectivity index (χ2v) is 1.92. The third-order valence-corrected chi connectivity index (χ3v) is 0.909. The molecule has 11 heavy (non-hydrogen) atoms. The molecule has 1 nitrogen and oxygen atoms in total. The van der Waals surface area contributed by atoms with E-state index in [-0.39, 0.29) is 0 Å². The minimum absolute atomic E-state index is 0.316. The van der Waals surface area contributed by atoms with Gasteiger partial charge in [-0.15, -0.1) is 0 Å². The average Bonchev–Trinajstić information content (AvgIpc) is 2.04. The summed E-state index contributed by atoms with van der Waals surface area (Å²) in [4.78, 5) is 0. The molecule has 64 valence electrons. The smallest absolute Gasteiger partial charge is 0.0891 e. The molecule has 0 bridgehead atoms. The summed E-state index contributed by atoms with van der Waals surface area (Å²) >= 11 is 0. The van der Waals surface area contributed by atoms with Crippen LogP contribution in [0.25, 0.3) is 0 Å². The Balaban J connectivity index is 0. The highest BCUT2D eigenvalue weighted by Crippen LogP contribution is 1.94. The number of rotatable bonds is 2. The highest BCUT2D eigenvalue weighted by Gasteiger charge is 1.76. The Morgan fingerprint density at radius 3 is 1.91 bits per heavy atom. The number of allylic oxidation sites excluding steroid dienone is 5. The number of hydrogen-bond donors (Lipinski definition) is 1. The van der Waals surface area contributed by atoms with Crippen LogP contribution in [-0.4, -0.2) is 5.11 Å². The van der Waals surface area contributed by atoms with E-state index in [1.54, 1.807) is 19.1 Å². The Hall–Kier alpha value is -0.980. The van der Waals surface area contributed by atoms with Crippen molar-refractivity contribution in [1.29, 1.82) is 0 Å². The summed E-state index contributed by atoms with van der Waals surface area (Å²) in [6.45, 7) is 11.1. The van der Waals surface area contributed by atoms with Gasteiger partial charge < -0.3 is 5.11 Å². The molecule has 0 aromatic carbocycles. The molecular formula is C10H18O. The summed E-state index contributed by atoms with van der Waals surface area (Å²) < 4.78 is 0. The average molecular weight is 154 g/mol. The van der Waals surface area contributed by atoms with Crippen LogP contribution < -0.4 is 0 Å². The standard InChI is InChI=1S/C8H12O.C2H6/c1-4-7(2)5-6-8(3)9;1-2/h4-6,9H,1H2,2-3H3;1-2H3/b7-5-,8-6+;. The van der Waals surface area contributed by atoms with E-state index >= 15 is 0 Å². The summed E-state index contributed by atoms with van der Waals surface area (Å²) in [6, 6.07) is 0. The fraction of sp³-hybridized carbons (Fsp3) is 0.400. The SMILES string of the molecule is C=C/C(C)=C\C=C(/C)O.CC. The third kappa shape index (κ3) is 12.3. The second-order valence-electron chi connectivity index (χ2n) is 1.92. The molecule has 0 spiro atoms. The minimum Gasteiger partial charge on any atom is -0.513 e. The van der Waals surface area contributed by atoms with Crippen LogP contribution in [0.2, 0.25) is 0 Å². The van der Waals surface area contributed by atoms with Gasteiger partial charge in [-0.1, -0.05) is 38.2 Å². The molecule has 0 saturated carbocycles. The van der Waals surface area contributed by atoms with Crippen molar-refractivity contribution in [3.05, 3.63) is 36.1 Å². The monoisotopic (exact) mass is 154 g/mol. The van der Waals surface area contributed by atoms with Crippen LogP contribution in [0.4, 0.5) is 0 Å². The molecule has 0 amide bonds. The zero-order valence-electron chi connectivity index (χ0n) is 7.89. The van der Waals surface area contributed by atoms with Crippen molar-refractivity contribution in [2.45, 2.75) is 27.7 Å². The summed E-state index contributed by atoms with van der Waals surface area (Å²) in [6.07, 6.45) is 5.18. The van der Waals surface area contributed by atoms with Gasteiger partial charge in [-0.3, -0.25) is 0 Å². The largest absolute Gasteiger partial charge is 0.513 e. The van der Waals surface area contributed by atoms with E-state index in [1.807, 2.05) is 26.8 Å². The molecule has 0 atom stereocenters. The molecule has 0 saturated heterocycles. The first kappa shape index (κ1) is 12.7. The van der Waals surface area contributed by atoms with Crippen LogP contribution in [0.5, 0.6) is 0 Å². The van der Waals surface area contributed by atoms with Crippen LogP contribution in [0.15, 0.2) is 36.1 Å². The Morgan fingerprint density at radius 1 is 1.18 bits per heavy atom. The van der Waals surface area contributed by atoms with Crippen LogP contribution in [0.1, 0.15) is 27.7 Å². The molecule has 1 heteroatoms. The summed E-state index contributed by atoms with van der Waals surface area (Å²) in [5, 5.41) is 8.68. The van der Waals surface area contributed by atoms with Crippen molar-refractivity contribution in [1.82, 2.24) is 0 Å². The van der Waals surface area contributed by atoms with Crippen molar-refractivity contribution >= 4 is 0 Å². The maximum absolute atomic E-state index is 8.68. The first-order valence-electron chi connectivity index (χ1n) is 3.83. The van der Waals surface area contributed by atoms with Crippen molar-refractivity contribution in [2.24, 2.45) is 0 Å². The lowest BCUT2D eigenvalue weighted by molar-refractivity contribution is 0.414. The first-order valence-corrected chi connectivity index (χ1v) is 3.83. The van der Waals surface area contributed by atoms with Gasteiger partial charge >= 0.3 is 0 Å². The second kappa shape index (κ2) is 9.02. The van der Waals surface area contributed by atoms with Gasteiger partial charge in [0.25, 0.3) is 0 Å². The lowest BCUT2D eigenvalue weighted by atomic mass is 10.3. The van der Waals surface area contributed by atoms with Crippen LogP contribution in [0, 0.1) is 0 Å². The number of aliphatic hydroxyl groups excluding tert-OH is 1. The molecule has 0 rings (SSSR count). The van der Waals surface area contributed by atoms with E-state index in [0.29, 0.717) is 5.76 Å². The molecule has 0 aliphatic rings. The van der Waals surface area contributed by atoms with Gasteiger partial charge in [0.05, 0.1) is 5.76 Å². The van der Waals surface area contributed by atoms with Crippen molar-refractivity contribution in [3.8, 4) is 0 Å². The number of hydrogen-bond acceptors (Lipinski definition) is 1. The maximum atomic E-state index is 8.68. The normalized spacial score (nSPS) is 11.6. The van der Waals surface area contributed by atoms with Crippen molar-refractivity contribution in [3.63, 3.8) is 0 Å². The Morgan fingerprint density at radius 2 is 1.64 bits per heavy atom. The van der Waals surface area contributed by atoms with Gasteiger partial charge in [0.1, 0.15) is 0 Å². The van der Waals surface area contributed by atoms with Gasteiger partial charge in [-0.2, -0.15) is 0 Å². The molecule has 0 unspecified atom stereocenters. The predicted molar refractivity (Wildman–Crippen MR) is 51.7 cm³/mol. The van der Waals surface area contributed by atoms with Gasteiger partial charge in [-0.25, -0.2) is 0 Å². The van der Waals surface area contributed by atoms with Gasteiger partial charge in [0.15, 0.2) is 0 Å². The van der Waals surface area contributed by atoms with E-state index in [0.717, 1.165) is 5.57 Å². The van der Waals surface area contributed by atoms with E-state index in [4.69, 9.17) is 5.11 Å². The third-order valence-electron chi connectivity index (χ3n) is 0.909. The fourth-order valence-electron chi connectivity index (χ4n) is 0.320. The van der Waals surface area contributed by atoms with E-state index < -0.39 is 0 Å². The highest BCUT2D eigenvalue weighted by atomic mass is 16.3. The highest BCUT2D eigenvalue weighted by molar-refractivity contribution is 5.20. The molecule has 1 N–H and O–H groups in total. The van der Waals surface area contributed by atoms with E-state index in [1.165, 1.54) is 0 Å². The molecular weight excluding hydrogens is 136 g/mol.